The highest BCUT2D eigenvalue weighted by atomic mass is 32.2. The second kappa shape index (κ2) is 7.59. The third kappa shape index (κ3) is 4.31. The Labute approximate surface area is 138 Å². The minimum absolute atomic E-state index is 0.0347. The van der Waals surface area contributed by atoms with Crippen molar-refractivity contribution in [3.8, 4) is 11.5 Å². The minimum atomic E-state index is -0.414. The third-order valence-electron chi connectivity index (χ3n) is 3.81. The van der Waals surface area contributed by atoms with Crippen LogP contribution in [-0.4, -0.2) is 27.9 Å². The Morgan fingerprint density at radius 1 is 1.26 bits per heavy atom. The van der Waals surface area contributed by atoms with Crippen LogP contribution in [0.2, 0.25) is 0 Å². The van der Waals surface area contributed by atoms with E-state index in [1.165, 1.54) is 25.3 Å². The molecule has 0 aliphatic heterocycles. The largest absolute Gasteiger partial charge is 0.411 e. The number of halogens is 1. The molecular formula is C16H18FN3O2S. The minimum Gasteiger partial charge on any atom is -0.411 e. The van der Waals surface area contributed by atoms with Crippen molar-refractivity contribution in [1.29, 1.82) is 0 Å². The molecule has 0 radical (unpaired) electrons. The Bertz CT molecular complexity index is 671. The van der Waals surface area contributed by atoms with Crippen LogP contribution >= 0.6 is 11.8 Å². The smallest absolute Gasteiger partial charge is 0.277 e. The number of carbonyl (C=O) groups is 1. The zero-order valence-electron chi connectivity index (χ0n) is 12.6. The van der Waals surface area contributed by atoms with Crippen molar-refractivity contribution in [2.75, 3.05) is 5.75 Å². The van der Waals surface area contributed by atoms with Crippen LogP contribution in [0.15, 0.2) is 33.9 Å². The van der Waals surface area contributed by atoms with Gasteiger partial charge in [-0.05, 0) is 25.0 Å². The van der Waals surface area contributed by atoms with E-state index < -0.39 is 5.82 Å². The molecule has 1 aromatic heterocycles. The number of aromatic nitrogens is 2. The monoisotopic (exact) mass is 335 g/mol. The van der Waals surface area contributed by atoms with E-state index in [0.29, 0.717) is 0 Å². The molecule has 1 saturated carbocycles. The van der Waals surface area contributed by atoms with Gasteiger partial charge in [0.1, 0.15) is 5.82 Å². The summed E-state index contributed by atoms with van der Waals surface area (Å²) in [6.45, 7) is 0. The number of rotatable bonds is 5. The second-order valence-corrected chi connectivity index (χ2v) is 6.47. The lowest BCUT2D eigenvalue weighted by Gasteiger charge is -2.22. The van der Waals surface area contributed by atoms with Crippen LogP contribution < -0.4 is 5.32 Å². The van der Waals surface area contributed by atoms with Crippen molar-refractivity contribution in [3.05, 3.63) is 30.1 Å². The SMILES string of the molecule is O=C(CSc1nnc(-c2ccccc2F)o1)NC1CCCCC1. The average molecular weight is 335 g/mol. The number of thioether (sulfide) groups is 1. The van der Waals surface area contributed by atoms with Gasteiger partial charge in [0.15, 0.2) is 0 Å². The third-order valence-corrected chi connectivity index (χ3v) is 4.63. The summed E-state index contributed by atoms with van der Waals surface area (Å²) in [5.41, 5.74) is 0.263. The molecule has 0 atom stereocenters. The van der Waals surface area contributed by atoms with Gasteiger partial charge >= 0.3 is 0 Å². The Balaban J connectivity index is 1.53. The Kier molecular flexibility index (Phi) is 5.27. The van der Waals surface area contributed by atoms with E-state index in [0.717, 1.165) is 24.6 Å². The Hall–Kier alpha value is -1.89. The molecule has 2 aromatic rings. The van der Waals surface area contributed by atoms with E-state index >= 15 is 0 Å². The Morgan fingerprint density at radius 2 is 2.04 bits per heavy atom. The first-order chi connectivity index (χ1) is 11.2. The van der Waals surface area contributed by atoms with Gasteiger partial charge in [0, 0.05) is 6.04 Å². The summed E-state index contributed by atoms with van der Waals surface area (Å²) in [5, 5.41) is 11.0. The molecule has 23 heavy (non-hydrogen) atoms. The zero-order valence-corrected chi connectivity index (χ0v) is 13.4. The molecule has 1 aliphatic rings. The maximum Gasteiger partial charge on any atom is 0.277 e. The van der Waals surface area contributed by atoms with Crippen molar-refractivity contribution >= 4 is 17.7 Å². The number of nitrogens with one attached hydrogen (secondary N) is 1. The summed E-state index contributed by atoms with van der Waals surface area (Å²) in [7, 11) is 0. The van der Waals surface area contributed by atoms with Crippen LogP contribution in [0, 0.1) is 5.82 Å². The van der Waals surface area contributed by atoms with Crippen LogP contribution in [0.1, 0.15) is 32.1 Å². The molecule has 0 saturated heterocycles. The number of carbonyl (C=O) groups excluding carboxylic acids is 1. The molecular weight excluding hydrogens is 317 g/mol. The molecule has 1 fully saturated rings. The second-order valence-electron chi connectivity index (χ2n) is 5.54. The normalized spacial score (nSPS) is 15.5. The van der Waals surface area contributed by atoms with Gasteiger partial charge in [-0.15, -0.1) is 10.2 Å². The summed E-state index contributed by atoms with van der Waals surface area (Å²) in [6, 6.07) is 6.50. The molecule has 3 rings (SSSR count). The highest BCUT2D eigenvalue weighted by molar-refractivity contribution is 7.99. The van der Waals surface area contributed by atoms with E-state index in [4.69, 9.17) is 4.42 Å². The van der Waals surface area contributed by atoms with Crippen molar-refractivity contribution in [3.63, 3.8) is 0 Å². The number of benzene rings is 1. The molecule has 0 bridgehead atoms. The van der Waals surface area contributed by atoms with Gasteiger partial charge in [0.2, 0.25) is 5.91 Å². The molecule has 1 heterocycles. The standard InChI is InChI=1S/C16H18FN3O2S/c17-13-9-5-4-8-12(13)15-19-20-16(22-15)23-10-14(21)18-11-6-2-1-3-7-11/h4-5,8-9,11H,1-3,6-7,10H2,(H,18,21). The van der Waals surface area contributed by atoms with Gasteiger partial charge in [0.25, 0.3) is 11.1 Å². The lowest BCUT2D eigenvalue weighted by Crippen LogP contribution is -2.37. The summed E-state index contributed by atoms with van der Waals surface area (Å²) >= 11 is 1.16. The van der Waals surface area contributed by atoms with Gasteiger partial charge in [-0.3, -0.25) is 4.79 Å². The van der Waals surface area contributed by atoms with Crippen LogP contribution in [0.3, 0.4) is 0 Å². The van der Waals surface area contributed by atoms with Gasteiger partial charge in [-0.25, -0.2) is 4.39 Å². The van der Waals surface area contributed by atoms with Crippen molar-refractivity contribution in [1.82, 2.24) is 15.5 Å². The number of amides is 1. The lowest BCUT2D eigenvalue weighted by molar-refractivity contribution is -0.119. The van der Waals surface area contributed by atoms with Crippen LogP contribution in [0.4, 0.5) is 4.39 Å². The maximum absolute atomic E-state index is 13.7. The summed E-state index contributed by atoms with van der Waals surface area (Å²) < 4.78 is 19.1. The molecule has 5 nitrogen and oxygen atoms in total. The van der Waals surface area contributed by atoms with E-state index in [1.54, 1.807) is 18.2 Å². The highest BCUT2D eigenvalue weighted by Gasteiger charge is 2.17. The van der Waals surface area contributed by atoms with Crippen molar-refractivity contribution < 1.29 is 13.6 Å². The maximum atomic E-state index is 13.7. The molecule has 1 N–H and O–H groups in total. The number of hydrogen-bond acceptors (Lipinski definition) is 5. The number of nitrogens with zero attached hydrogens (tertiary/aromatic N) is 2. The van der Waals surface area contributed by atoms with Crippen LogP contribution in [0.25, 0.3) is 11.5 Å². The molecule has 0 unspecified atom stereocenters. The zero-order chi connectivity index (χ0) is 16.1. The number of hydrogen-bond donors (Lipinski definition) is 1. The fourth-order valence-electron chi connectivity index (χ4n) is 2.66. The van der Waals surface area contributed by atoms with Crippen LogP contribution in [0.5, 0.6) is 0 Å². The molecule has 1 aliphatic carbocycles. The summed E-state index contributed by atoms with van der Waals surface area (Å²) in [5.74, 6) is -0.108. The van der Waals surface area contributed by atoms with E-state index in [1.807, 2.05) is 0 Å². The fourth-order valence-corrected chi connectivity index (χ4v) is 3.23. The highest BCUT2D eigenvalue weighted by Crippen LogP contribution is 2.25. The van der Waals surface area contributed by atoms with E-state index in [-0.39, 0.29) is 34.4 Å². The predicted octanol–water partition coefficient (Wildman–Crippen LogP) is 3.42. The molecule has 122 valence electrons. The quantitative estimate of drug-likeness (QED) is 0.848. The molecule has 1 amide bonds. The van der Waals surface area contributed by atoms with Gasteiger partial charge in [-0.1, -0.05) is 43.2 Å². The topological polar surface area (TPSA) is 68.0 Å². The predicted molar refractivity (Wildman–Crippen MR) is 85.4 cm³/mol. The van der Waals surface area contributed by atoms with Crippen molar-refractivity contribution in [2.45, 2.75) is 43.4 Å². The van der Waals surface area contributed by atoms with Gasteiger partial charge in [-0.2, -0.15) is 0 Å². The fraction of sp³-hybridized carbons (Fsp3) is 0.438. The van der Waals surface area contributed by atoms with Gasteiger partial charge < -0.3 is 9.73 Å². The first-order valence-corrected chi connectivity index (χ1v) is 8.71. The first-order valence-electron chi connectivity index (χ1n) is 7.73. The van der Waals surface area contributed by atoms with Crippen molar-refractivity contribution in [2.24, 2.45) is 0 Å². The first kappa shape index (κ1) is 16.0. The Morgan fingerprint density at radius 3 is 2.83 bits per heavy atom. The summed E-state index contributed by atoms with van der Waals surface area (Å²) in [6.07, 6.45) is 5.70. The summed E-state index contributed by atoms with van der Waals surface area (Å²) in [4.78, 5) is 11.9. The van der Waals surface area contributed by atoms with Crippen LogP contribution in [-0.2, 0) is 4.79 Å². The average Bonchev–Trinajstić information content (AvgIpc) is 3.03. The van der Waals surface area contributed by atoms with E-state index in [9.17, 15) is 9.18 Å². The van der Waals surface area contributed by atoms with E-state index in [2.05, 4.69) is 15.5 Å². The molecule has 7 heteroatoms. The molecule has 0 spiro atoms. The molecule has 1 aromatic carbocycles. The lowest BCUT2D eigenvalue weighted by atomic mass is 9.95. The van der Waals surface area contributed by atoms with Gasteiger partial charge in [0.05, 0.1) is 11.3 Å².